The second kappa shape index (κ2) is 7.70. The number of aromatic nitrogens is 1. The highest BCUT2D eigenvalue weighted by atomic mass is 79.9. The van der Waals surface area contributed by atoms with Gasteiger partial charge < -0.3 is 14.8 Å². The fraction of sp³-hybridized carbons (Fsp3) is 0.643. The van der Waals surface area contributed by atoms with Crippen molar-refractivity contribution in [3.05, 3.63) is 22.4 Å². The van der Waals surface area contributed by atoms with E-state index in [2.05, 4.69) is 54.1 Å². The van der Waals surface area contributed by atoms with Crippen LogP contribution in [0.5, 0.6) is 0 Å². The number of carbonyl (C=O) groups is 1. The molecule has 4 nitrogen and oxygen atoms in total. The number of hydrogen-bond acceptors (Lipinski definition) is 2. The van der Waals surface area contributed by atoms with E-state index in [9.17, 15) is 4.79 Å². The van der Waals surface area contributed by atoms with Crippen molar-refractivity contribution in [1.82, 2.24) is 14.8 Å². The van der Waals surface area contributed by atoms with Crippen LogP contribution in [0.4, 0.5) is 0 Å². The minimum Gasteiger partial charge on any atom is -0.351 e. The van der Waals surface area contributed by atoms with Gasteiger partial charge in [-0.2, -0.15) is 0 Å². The van der Waals surface area contributed by atoms with Crippen LogP contribution in [-0.4, -0.2) is 42.6 Å². The minimum atomic E-state index is 0.00394. The van der Waals surface area contributed by atoms with E-state index >= 15 is 0 Å². The molecule has 0 aliphatic carbocycles. The normalized spacial score (nSPS) is 11.3. The van der Waals surface area contributed by atoms with E-state index in [-0.39, 0.29) is 11.9 Å². The first-order valence-corrected chi connectivity index (χ1v) is 7.51. The largest absolute Gasteiger partial charge is 0.351 e. The molecule has 0 radical (unpaired) electrons. The molecule has 0 fully saturated rings. The van der Waals surface area contributed by atoms with Gasteiger partial charge in [0.25, 0.3) is 5.91 Å². The molecule has 0 unspecified atom stereocenters. The molecule has 1 rings (SSSR count). The lowest BCUT2D eigenvalue weighted by molar-refractivity contribution is 0.0942. The summed E-state index contributed by atoms with van der Waals surface area (Å²) in [5.41, 5.74) is 0.717. The lowest BCUT2D eigenvalue weighted by atomic mass is 10.3. The molecule has 0 aromatic carbocycles. The third-order valence-electron chi connectivity index (χ3n) is 2.92. The van der Waals surface area contributed by atoms with Gasteiger partial charge in [0.05, 0.1) is 0 Å². The first-order chi connectivity index (χ1) is 8.91. The van der Waals surface area contributed by atoms with Gasteiger partial charge in [-0.1, -0.05) is 0 Å². The minimum absolute atomic E-state index is 0.00394. The van der Waals surface area contributed by atoms with E-state index in [1.54, 1.807) is 0 Å². The zero-order valence-electron chi connectivity index (χ0n) is 12.2. The van der Waals surface area contributed by atoms with Gasteiger partial charge in [-0.3, -0.25) is 4.79 Å². The molecular formula is C14H24BrN3O. The maximum Gasteiger partial charge on any atom is 0.267 e. The predicted octanol–water partition coefficient (Wildman–Crippen LogP) is 2.90. The molecule has 108 valence electrons. The maximum atomic E-state index is 12.1. The van der Waals surface area contributed by atoms with Crippen molar-refractivity contribution in [2.75, 3.05) is 27.2 Å². The van der Waals surface area contributed by atoms with E-state index in [1.807, 2.05) is 16.8 Å². The molecule has 1 heterocycles. The van der Waals surface area contributed by atoms with Crippen molar-refractivity contribution >= 4 is 21.8 Å². The van der Waals surface area contributed by atoms with E-state index in [4.69, 9.17) is 0 Å². The lowest BCUT2D eigenvalue weighted by Crippen LogP contribution is -2.27. The molecule has 0 saturated heterocycles. The summed E-state index contributed by atoms with van der Waals surface area (Å²) >= 11 is 3.42. The maximum absolute atomic E-state index is 12.1. The number of unbranched alkanes of at least 4 members (excludes halogenated alkanes) is 1. The summed E-state index contributed by atoms with van der Waals surface area (Å²) in [6.45, 7) is 5.93. The van der Waals surface area contributed by atoms with Crippen LogP contribution in [-0.2, 0) is 0 Å². The molecule has 1 amide bonds. The van der Waals surface area contributed by atoms with E-state index < -0.39 is 0 Å². The summed E-state index contributed by atoms with van der Waals surface area (Å²) < 4.78 is 2.93. The Bertz CT molecular complexity index is 413. The molecule has 1 aromatic rings. The SMILES string of the molecule is CC(C)n1cc(Br)cc1C(=O)NCCCCN(C)C. The van der Waals surface area contributed by atoms with Crippen LogP contribution in [0.15, 0.2) is 16.7 Å². The Morgan fingerprint density at radius 3 is 2.68 bits per heavy atom. The molecule has 19 heavy (non-hydrogen) atoms. The molecule has 1 aromatic heterocycles. The van der Waals surface area contributed by atoms with Gasteiger partial charge in [-0.25, -0.2) is 0 Å². The Hall–Kier alpha value is -0.810. The smallest absolute Gasteiger partial charge is 0.267 e. The molecule has 1 N–H and O–H groups in total. The Balaban J connectivity index is 2.45. The van der Waals surface area contributed by atoms with E-state index in [0.29, 0.717) is 0 Å². The molecule has 0 saturated carbocycles. The van der Waals surface area contributed by atoms with Crippen molar-refractivity contribution in [3.63, 3.8) is 0 Å². The number of hydrogen-bond donors (Lipinski definition) is 1. The average molecular weight is 330 g/mol. The van der Waals surface area contributed by atoms with Gasteiger partial charge in [0.1, 0.15) is 5.69 Å². The van der Waals surface area contributed by atoms with Gasteiger partial charge in [-0.05, 0) is 69.3 Å². The van der Waals surface area contributed by atoms with Crippen molar-refractivity contribution in [1.29, 1.82) is 0 Å². The number of nitrogens with zero attached hydrogens (tertiary/aromatic N) is 2. The number of rotatable bonds is 7. The summed E-state index contributed by atoms with van der Waals surface area (Å²) in [4.78, 5) is 14.3. The van der Waals surface area contributed by atoms with E-state index in [1.165, 1.54) is 0 Å². The van der Waals surface area contributed by atoms with E-state index in [0.717, 1.165) is 36.1 Å². The second-order valence-corrected chi connectivity index (χ2v) is 6.23. The van der Waals surface area contributed by atoms with Crippen LogP contribution in [0.2, 0.25) is 0 Å². The molecule has 0 aliphatic heterocycles. The van der Waals surface area contributed by atoms with Gasteiger partial charge >= 0.3 is 0 Å². The first-order valence-electron chi connectivity index (χ1n) is 6.72. The third kappa shape index (κ3) is 5.37. The monoisotopic (exact) mass is 329 g/mol. The second-order valence-electron chi connectivity index (χ2n) is 5.31. The molecule has 0 aliphatic rings. The molecule has 0 bridgehead atoms. The number of nitrogens with one attached hydrogen (secondary N) is 1. The standard InChI is InChI=1S/C14H24BrN3O/c1-11(2)18-10-12(15)9-13(18)14(19)16-7-5-6-8-17(3)4/h9-11H,5-8H2,1-4H3,(H,16,19). The van der Waals surface area contributed by atoms with Gasteiger partial charge in [0.2, 0.25) is 0 Å². The Labute approximate surface area is 124 Å². The summed E-state index contributed by atoms with van der Waals surface area (Å²) in [6.07, 6.45) is 4.06. The summed E-state index contributed by atoms with van der Waals surface area (Å²) in [7, 11) is 4.12. The van der Waals surface area contributed by atoms with Crippen LogP contribution in [0.25, 0.3) is 0 Å². The molecule has 5 heteroatoms. The number of carbonyl (C=O) groups excluding carboxylic acids is 1. The van der Waals surface area contributed by atoms with Crippen molar-refractivity contribution in [2.45, 2.75) is 32.7 Å². The number of halogens is 1. The van der Waals surface area contributed by atoms with Crippen LogP contribution in [0, 0.1) is 0 Å². The molecular weight excluding hydrogens is 306 g/mol. The predicted molar refractivity (Wildman–Crippen MR) is 82.6 cm³/mol. The quantitative estimate of drug-likeness (QED) is 0.781. The van der Waals surface area contributed by atoms with Gasteiger partial charge in [-0.15, -0.1) is 0 Å². The highest BCUT2D eigenvalue weighted by molar-refractivity contribution is 9.10. The Kier molecular flexibility index (Phi) is 6.58. The van der Waals surface area contributed by atoms with Crippen LogP contribution in [0.1, 0.15) is 43.2 Å². The average Bonchev–Trinajstić information content (AvgIpc) is 2.70. The summed E-state index contributed by atoms with van der Waals surface area (Å²) in [6, 6.07) is 2.15. The van der Waals surface area contributed by atoms with Crippen LogP contribution >= 0.6 is 15.9 Å². The fourth-order valence-electron chi connectivity index (χ4n) is 1.90. The highest BCUT2D eigenvalue weighted by Crippen LogP contribution is 2.19. The van der Waals surface area contributed by atoms with Gasteiger partial charge in [0.15, 0.2) is 0 Å². The van der Waals surface area contributed by atoms with Crippen LogP contribution < -0.4 is 5.32 Å². The first kappa shape index (κ1) is 16.2. The zero-order valence-corrected chi connectivity index (χ0v) is 13.8. The highest BCUT2D eigenvalue weighted by Gasteiger charge is 2.14. The zero-order chi connectivity index (χ0) is 14.4. The lowest BCUT2D eigenvalue weighted by Gasteiger charge is -2.13. The Morgan fingerprint density at radius 1 is 1.42 bits per heavy atom. The fourth-order valence-corrected chi connectivity index (χ4v) is 2.34. The third-order valence-corrected chi connectivity index (χ3v) is 3.36. The van der Waals surface area contributed by atoms with Crippen molar-refractivity contribution in [3.8, 4) is 0 Å². The topological polar surface area (TPSA) is 37.3 Å². The van der Waals surface area contributed by atoms with Crippen molar-refractivity contribution < 1.29 is 4.79 Å². The number of amides is 1. The molecule has 0 spiro atoms. The molecule has 0 atom stereocenters. The van der Waals surface area contributed by atoms with Gasteiger partial charge in [0, 0.05) is 23.3 Å². The van der Waals surface area contributed by atoms with Crippen molar-refractivity contribution in [2.24, 2.45) is 0 Å². The summed E-state index contributed by atoms with van der Waals surface area (Å²) in [5, 5.41) is 2.98. The Morgan fingerprint density at radius 2 is 2.11 bits per heavy atom. The van der Waals surface area contributed by atoms with Crippen LogP contribution in [0.3, 0.4) is 0 Å². The summed E-state index contributed by atoms with van der Waals surface area (Å²) in [5.74, 6) is 0.00394.